The van der Waals surface area contributed by atoms with Crippen LogP contribution in [0.3, 0.4) is 0 Å². The van der Waals surface area contributed by atoms with Crippen LogP contribution in [0, 0.1) is 11.3 Å². The number of nitrogens with zero attached hydrogens (tertiary/aromatic N) is 4. The lowest BCUT2D eigenvalue weighted by Gasteiger charge is -2.11. The van der Waals surface area contributed by atoms with Gasteiger partial charge in [0.1, 0.15) is 11.5 Å². The zero-order chi connectivity index (χ0) is 21.6. The molecule has 1 heterocycles. The molecule has 0 amide bonds. The van der Waals surface area contributed by atoms with Gasteiger partial charge in [0.15, 0.2) is 11.0 Å². The number of ether oxygens (including phenoxy) is 2. The standard InChI is InChI=1S/C24H20N4O2S/c1-29-21-11-7-19(8-12-21)23-26-27-24(28(23)20-9-13-22(30-2)14-10-20)31-16-18-5-3-17(15-25)4-6-18/h3-14H,16H2,1-2H3. The minimum atomic E-state index is 0.650. The Bertz CT molecular complexity index is 1190. The fourth-order valence-corrected chi connectivity index (χ4v) is 3.99. The number of rotatable bonds is 7. The van der Waals surface area contributed by atoms with Gasteiger partial charge in [-0.25, -0.2) is 0 Å². The first-order chi connectivity index (χ1) is 15.2. The Labute approximate surface area is 185 Å². The van der Waals surface area contributed by atoms with E-state index in [4.69, 9.17) is 14.7 Å². The van der Waals surface area contributed by atoms with Crippen molar-refractivity contribution in [2.24, 2.45) is 0 Å². The zero-order valence-electron chi connectivity index (χ0n) is 17.1. The molecule has 0 aliphatic carbocycles. The minimum Gasteiger partial charge on any atom is -0.497 e. The summed E-state index contributed by atoms with van der Waals surface area (Å²) in [5, 5.41) is 18.7. The van der Waals surface area contributed by atoms with Crippen LogP contribution in [0.1, 0.15) is 11.1 Å². The molecule has 0 saturated heterocycles. The quantitative estimate of drug-likeness (QED) is 0.381. The molecule has 0 atom stereocenters. The van der Waals surface area contributed by atoms with Gasteiger partial charge in [0, 0.05) is 17.0 Å². The molecule has 1 aromatic heterocycles. The number of methoxy groups -OCH3 is 2. The summed E-state index contributed by atoms with van der Waals surface area (Å²) in [6.45, 7) is 0. The number of nitriles is 1. The first-order valence-electron chi connectivity index (χ1n) is 9.58. The van der Waals surface area contributed by atoms with Crippen molar-refractivity contribution in [1.82, 2.24) is 14.8 Å². The molecular weight excluding hydrogens is 408 g/mol. The Hall–Kier alpha value is -3.76. The average molecular weight is 429 g/mol. The topological polar surface area (TPSA) is 73.0 Å². The molecule has 6 nitrogen and oxygen atoms in total. The van der Waals surface area contributed by atoms with E-state index in [0.29, 0.717) is 11.3 Å². The van der Waals surface area contributed by atoms with Crippen LogP contribution in [-0.2, 0) is 5.75 Å². The highest BCUT2D eigenvalue weighted by molar-refractivity contribution is 7.98. The van der Waals surface area contributed by atoms with E-state index < -0.39 is 0 Å². The summed E-state index contributed by atoms with van der Waals surface area (Å²) in [6, 6.07) is 25.3. The van der Waals surface area contributed by atoms with Gasteiger partial charge in [0.25, 0.3) is 0 Å². The van der Waals surface area contributed by atoms with Gasteiger partial charge in [-0.2, -0.15) is 5.26 Å². The van der Waals surface area contributed by atoms with E-state index in [1.54, 1.807) is 26.0 Å². The second-order valence-corrected chi connectivity index (χ2v) is 7.61. The molecule has 31 heavy (non-hydrogen) atoms. The molecule has 0 N–H and O–H groups in total. The van der Waals surface area contributed by atoms with Crippen LogP contribution in [0.4, 0.5) is 0 Å². The van der Waals surface area contributed by atoms with Crippen molar-refractivity contribution in [3.8, 4) is 34.6 Å². The Balaban J connectivity index is 1.69. The predicted molar refractivity (Wildman–Crippen MR) is 121 cm³/mol. The second kappa shape index (κ2) is 9.37. The van der Waals surface area contributed by atoms with Crippen molar-refractivity contribution in [2.75, 3.05) is 14.2 Å². The lowest BCUT2D eigenvalue weighted by molar-refractivity contribution is 0.414. The molecule has 0 bridgehead atoms. The molecule has 154 valence electrons. The van der Waals surface area contributed by atoms with Crippen molar-refractivity contribution in [3.05, 3.63) is 83.9 Å². The maximum atomic E-state index is 8.99. The predicted octanol–water partition coefficient (Wildman–Crippen LogP) is 5.12. The van der Waals surface area contributed by atoms with Gasteiger partial charge in [-0.15, -0.1) is 10.2 Å². The van der Waals surface area contributed by atoms with Crippen LogP contribution in [-0.4, -0.2) is 29.0 Å². The normalized spacial score (nSPS) is 10.5. The number of hydrogen-bond acceptors (Lipinski definition) is 6. The van der Waals surface area contributed by atoms with Gasteiger partial charge in [-0.3, -0.25) is 4.57 Å². The smallest absolute Gasteiger partial charge is 0.196 e. The molecule has 0 fully saturated rings. The maximum Gasteiger partial charge on any atom is 0.196 e. The largest absolute Gasteiger partial charge is 0.497 e. The maximum absolute atomic E-state index is 8.99. The first kappa shape index (κ1) is 20.5. The number of aromatic nitrogens is 3. The van der Waals surface area contributed by atoms with Gasteiger partial charge in [-0.1, -0.05) is 23.9 Å². The minimum absolute atomic E-state index is 0.650. The SMILES string of the molecule is COc1ccc(-c2nnc(SCc3ccc(C#N)cc3)n2-c2ccc(OC)cc2)cc1. The lowest BCUT2D eigenvalue weighted by Crippen LogP contribution is -2.00. The van der Waals surface area contributed by atoms with E-state index in [1.165, 1.54) is 0 Å². The van der Waals surface area contributed by atoms with Gasteiger partial charge in [0.05, 0.1) is 25.9 Å². The van der Waals surface area contributed by atoms with Crippen molar-refractivity contribution in [1.29, 1.82) is 5.26 Å². The fraction of sp³-hybridized carbons (Fsp3) is 0.125. The monoisotopic (exact) mass is 428 g/mol. The van der Waals surface area contributed by atoms with Gasteiger partial charge >= 0.3 is 0 Å². The molecule has 0 aliphatic rings. The highest BCUT2D eigenvalue weighted by Gasteiger charge is 2.16. The van der Waals surface area contributed by atoms with E-state index in [1.807, 2.05) is 77.4 Å². The first-order valence-corrected chi connectivity index (χ1v) is 10.6. The van der Waals surface area contributed by atoms with Crippen LogP contribution in [0.5, 0.6) is 11.5 Å². The molecule has 0 saturated carbocycles. The van der Waals surface area contributed by atoms with Crippen molar-refractivity contribution in [2.45, 2.75) is 10.9 Å². The summed E-state index contributed by atoms with van der Waals surface area (Å²) in [6.07, 6.45) is 0. The summed E-state index contributed by atoms with van der Waals surface area (Å²) < 4.78 is 12.6. The molecule has 0 unspecified atom stereocenters. The molecular formula is C24H20N4O2S. The summed E-state index contributed by atoms with van der Waals surface area (Å²) in [7, 11) is 3.29. The Morgan fingerprint density at radius 1 is 0.839 bits per heavy atom. The summed E-state index contributed by atoms with van der Waals surface area (Å²) in [4.78, 5) is 0. The Kier molecular flexibility index (Phi) is 6.20. The van der Waals surface area contributed by atoms with Crippen LogP contribution >= 0.6 is 11.8 Å². The second-order valence-electron chi connectivity index (χ2n) is 6.67. The molecule has 4 rings (SSSR count). The molecule has 3 aromatic carbocycles. The number of hydrogen-bond donors (Lipinski definition) is 0. The van der Waals surface area contributed by atoms with Crippen molar-refractivity contribution >= 4 is 11.8 Å². The highest BCUT2D eigenvalue weighted by Crippen LogP contribution is 2.31. The van der Waals surface area contributed by atoms with Crippen LogP contribution in [0.2, 0.25) is 0 Å². The van der Waals surface area contributed by atoms with Gasteiger partial charge in [0.2, 0.25) is 0 Å². The fourth-order valence-electron chi connectivity index (χ4n) is 3.08. The van der Waals surface area contributed by atoms with E-state index >= 15 is 0 Å². The number of benzene rings is 3. The molecule has 0 radical (unpaired) electrons. The van der Waals surface area contributed by atoms with Crippen molar-refractivity contribution < 1.29 is 9.47 Å². The third kappa shape index (κ3) is 4.55. The molecule has 0 spiro atoms. The Morgan fingerprint density at radius 3 is 2.03 bits per heavy atom. The Morgan fingerprint density at radius 2 is 1.45 bits per heavy atom. The van der Waals surface area contributed by atoms with Gasteiger partial charge < -0.3 is 9.47 Å². The van der Waals surface area contributed by atoms with E-state index in [2.05, 4.69) is 16.3 Å². The third-order valence-electron chi connectivity index (χ3n) is 4.76. The summed E-state index contributed by atoms with van der Waals surface area (Å²) in [5.41, 5.74) is 3.64. The molecule has 0 aliphatic heterocycles. The number of thioether (sulfide) groups is 1. The van der Waals surface area contributed by atoms with Crippen LogP contribution in [0.15, 0.2) is 78.0 Å². The van der Waals surface area contributed by atoms with Crippen LogP contribution < -0.4 is 9.47 Å². The highest BCUT2D eigenvalue weighted by atomic mass is 32.2. The van der Waals surface area contributed by atoms with Gasteiger partial charge in [-0.05, 0) is 66.2 Å². The third-order valence-corrected chi connectivity index (χ3v) is 5.76. The van der Waals surface area contributed by atoms with E-state index in [0.717, 1.165) is 39.3 Å². The van der Waals surface area contributed by atoms with E-state index in [-0.39, 0.29) is 0 Å². The summed E-state index contributed by atoms with van der Waals surface area (Å²) >= 11 is 1.59. The molecule has 4 aromatic rings. The lowest BCUT2D eigenvalue weighted by atomic mass is 10.2. The summed E-state index contributed by atoms with van der Waals surface area (Å²) in [5.74, 6) is 3.03. The molecule has 7 heteroatoms. The zero-order valence-corrected chi connectivity index (χ0v) is 18.0. The van der Waals surface area contributed by atoms with Crippen LogP contribution in [0.25, 0.3) is 17.1 Å². The van der Waals surface area contributed by atoms with Crippen molar-refractivity contribution in [3.63, 3.8) is 0 Å². The average Bonchev–Trinajstić information content (AvgIpc) is 3.27. The van der Waals surface area contributed by atoms with E-state index in [9.17, 15) is 0 Å².